The molecule has 0 radical (unpaired) electrons. The molecule has 0 saturated carbocycles. The first-order chi connectivity index (χ1) is 7.61. The molecule has 2 rings (SSSR count). The van der Waals surface area contributed by atoms with Gasteiger partial charge in [-0.1, -0.05) is 32.0 Å². The van der Waals surface area contributed by atoms with Crippen LogP contribution in [0.25, 0.3) is 5.69 Å². The van der Waals surface area contributed by atoms with Crippen LogP contribution in [-0.2, 0) is 0 Å². The van der Waals surface area contributed by atoms with Crippen molar-refractivity contribution in [3.05, 3.63) is 40.9 Å². The van der Waals surface area contributed by atoms with Crippen molar-refractivity contribution in [3.8, 4) is 5.69 Å². The normalized spacial score (nSPS) is 11.1. The van der Waals surface area contributed by atoms with Crippen molar-refractivity contribution in [2.75, 3.05) is 0 Å². The van der Waals surface area contributed by atoms with Gasteiger partial charge in [0.1, 0.15) is 5.82 Å². The fourth-order valence-corrected chi connectivity index (χ4v) is 1.90. The Labute approximate surface area is 100 Å². The zero-order valence-corrected chi connectivity index (χ0v) is 10.4. The van der Waals surface area contributed by atoms with Crippen LogP contribution < -0.4 is 0 Å². The third kappa shape index (κ3) is 1.83. The molecule has 2 aromatic rings. The lowest BCUT2D eigenvalue weighted by molar-refractivity contribution is 0.744. The molecule has 4 heteroatoms. The van der Waals surface area contributed by atoms with Crippen LogP contribution in [0, 0.1) is 6.92 Å². The molecule has 3 nitrogen and oxygen atoms in total. The average Bonchev–Trinajstić information content (AvgIpc) is 2.61. The number of aromatic nitrogens is 3. The maximum atomic E-state index is 6.08. The fraction of sp³-hybridized carbons (Fsp3) is 0.333. The van der Waals surface area contributed by atoms with E-state index in [1.54, 1.807) is 0 Å². The number of aryl methyl sites for hydroxylation is 1. The third-order valence-corrected chi connectivity index (χ3v) is 2.77. The summed E-state index contributed by atoms with van der Waals surface area (Å²) in [5, 5.41) is 8.46. The zero-order valence-electron chi connectivity index (χ0n) is 9.61. The fourth-order valence-electron chi connectivity index (χ4n) is 1.69. The van der Waals surface area contributed by atoms with Gasteiger partial charge in [-0.25, -0.2) is 0 Å². The lowest BCUT2D eigenvalue weighted by Gasteiger charge is -2.12. The highest BCUT2D eigenvalue weighted by Gasteiger charge is 2.15. The topological polar surface area (TPSA) is 30.7 Å². The summed E-state index contributed by atoms with van der Waals surface area (Å²) in [6.45, 7) is 6.21. The van der Waals surface area contributed by atoms with E-state index in [1.807, 2.05) is 22.8 Å². The van der Waals surface area contributed by atoms with Crippen LogP contribution in [0.4, 0.5) is 0 Å². The summed E-state index contributed by atoms with van der Waals surface area (Å²) in [6, 6.07) is 8.07. The second-order valence-electron chi connectivity index (χ2n) is 4.10. The molecule has 0 amide bonds. The Morgan fingerprint density at radius 3 is 2.50 bits per heavy atom. The molecule has 0 aliphatic heterocycles. The van der Waals surface area contributed by atoms with E-state index in [4.69, 9.17) is 11.6 Å². The van der Waals surface area contributed by atoms with Crippen LogP contribution in [0.1, 0.15) is 31.2 Å². The van der Waals surface area contributed by atoms with Crippen molar-refractivity contribution in [1.82, 2.24) is 14.8 Å². The zero-order chi connectivity index (χ0) is 11.7. The molecule has 1 aromatic carbocycles. The molecule has 84 valence electrons. The van der Waals surface area contributed by atoms with Crippen LogP contribution in [0.3, 0.4) is 0 Å². The monoisotopic (exact) mass is 235 g/mol. The lowest BCUT2D eigenvalue weighted by atomic mass is 10.1. The Morgan fingerprint density at radius 1 is 1.19 bits per heavy atom. The Morgan fingerprint density at radius 2 is 1.88 bits per heavy atom. The number of para-hydroxylation sites is 1. The van der Waals surface area contributed by atoms with Gasteiger partial charge in [-0.3, -0.25) is 4.57 Å². The van der Waals surface area contributed by atoms with Gasteiger partial charge in [0.15, 0.2) is 0 Å². The molecule has 0 saturated heterocycles. The van der Waals surface area contributed by atoms with E-state index < -0.39 is 0 Å². The maximum Gasteiger partial charge on any atom is 0.229 e. The molecule has 16 heavy (non-hydrogen) atoms. The van der Waals surface area contributed by atoms with E-state index in [-0.39, 0.29) is 0 Å². The number of nitrogens with zero attached hydrogens (tertiary/aromatic N) is 3. The van der Waals surface area contributed by atoms with E-state index in [9.17, 15) is 0 Å². The highest BCUT2D eigenvalue weighted by molar-refractivity contribution is 6.28. The summed E-state index contributed by atoms with van der Waals surface area (Å²) in [4.78, 5) is 0. The quantitative estimate of drug-likeness (QED) is 0.799. The first-order valence-corrected chi connectivity index (χ1v) is 5.66. The lowest BCUT2D eigenvalue weighted by Crippen LogP contribution is -2.04. The van der Waals surface area contributed by atoms with Crippen LogP contribution >= 0.6 is 11.6 Å². The number of halogens is 1. The Balaban J connectivity index is 2.64. The molecule has 0 aliphatic carbocycles. The van der Waals surface area contributed by atoms with Crippen molar-refractivity contribution >= 4 is 11.6 Å². The molecular formula is C12H14ClN3. The number of benzene rings is 1. The maximum absolute atomic E-state index is 6.08. The molecular weight excluding hydrogens is 222 g/mol. The van der Waals surface area contributed by atoms with Gasteiger partial charge >= 0.3 is 0 Å². The van der Waals surface area contributed by atoms with Gasteiger partial charge in [0.25, 0.3) is 0 Å². The Kier molecular flexibility index (Phi) is 2.97. The first kappa shape index (κ1) is 11.1. The summed E-state index contributed by atoms with van der Waals surface area (Å²) in [7, 11) is 0. The number of hydrogen-bond donors (Lipinski definition) is 0. The minimum atomic E-state index is 0.291. The molecule has 0 atom stereocenters. The molecule has 1 heterocycles. The smallest absolute Gasteiger partial charge is 0.229 e. The predicted molar refractivity (Wildman–Crippen MR) is 65.2 cm³/mol. The summed E-state index contributed by atoms with van der Waals surface area (Å²) < 4.78 is 1.90. The summed E-state index contributed by atoms with van der Waals surface area (Å²) in [6.07, 6.45) is 0. The number of rotatable bonds is 2. The second kappa shape index (κ2) is 4.26. The van der Waals surface area contributed by atoms with Crippen molar-refractivity contribution in [3.63, 3.8) is 0 Å². The van der Waals surface area contributed by atoms with E-state index in [0.717, 1.165) is 17.1 Å². The molecule has 0 unspecified atom stereocenters. The van der Waals surface area contributed by atoms with Crippen LogP contribution in [0.5, 0.6) is 0 Å². The highest BCUT2D eigenvalue weighted by atomic mass is 35.5. The van der Waals surface area contributed by atoms with Gasteiger partial charge < -0.3 is 0 Å². The summed E-state index contributed by atoms with van der Waals surface area (Å²) in [5.74, 6) is 1.18. The van der Waals surface area contributed by atoms with Crippen molar-refractivity contribution in [2.45, 2.75) is 26.7 Å². The average molecular weight is 236 g/mol. The van der Waals surface area contributed by atoms with Crippen LogP contribution in [0.2, 0.25) is 5.28 Å². The van der Waals surface area contributed by atoms with Gasteiger partial charge in [-0.15, -0.1) is 10.2 Å². The van der Waals surface area contributed by atoms with Gasteiger partial charge in [0.2, 0.25) is 5.28 Å². The Bertz CT molecular complexity index is 503. The third-order valence-electron chi connectivity index (χ3n) is 2.52. The molecule has 0 N–H and O–H groups in total. The van der Waals surface area contributed by atoms with Crippen LogP contribution in [-0.4, -0.2) is 14.8 Å². The van der Waals surface area contributed by atoms with Crippen molar-refractivity contribution in [1.29, 1.82) is 0 Å². The number of hydrogen-bond acceptors (Lipinski definition) is 2. The minimum Gasteiger partial charge on any atom is -0.269 e. The van der Waals surface area contributed by atoms with Gasteiger partial charge in [0, 0.05) is 5.92 Å². The van der Waals surface area contributed by atoms with E-state index >= 15 is 0 Å². The predicted octanol–water partition coefficient (Wildman–Crippen LogP) is 3.35. The first-order valence-electron chi connectivity index (χ1n) is 5.28. The second-order valence-corrected chi connectivity index (χ2v) is 4.44. The molecule has 0 fully saturated rings. The largest absolute Gasteiger partial charge is 0.269 e. The van der Waals surface area contributed by atoms with Crippen molar-refractivity contribution in [2.24, 2.45) is 0 Å². The molecule has 0 aliphatic rings. The van der Waals surface area contributed by atoms with Gasteiger partial charge in [-0.2, -0.15) is 0 Å². The van der Waals surface area contributed by atoms with Crippen molar-refractivity contribution < 1.29 is 0 Å². The SMILES string of the molecule is Cc1ccccc1-n1c(Cl)nnc1C(C)C. The standard InChI is InChI=1S/C12H14ClN3/c1-8(2)11-14-15-12(13)16(11)10-7-5-4-6-9(10)3/h4-8H,1-3H3. The summed E-state index contributed by atoms with van der Waals surface area (Å²) >= 11 is 6.08. The van der Waals surface area contributed by atoms with Crippen LogP contribution in [0.15, 0.2) is 24.3 Å². The van der Waals surface area contributed by atoms with E-state index in [1.165, 1.54) is 0 Å². The molecule has 0 spiro atoms. The van der Waals surface area contributed by atoms with E-state index in [0.29, 0.717) is 11.2 Å². The Hall–Kier alpha value is -1.35. The minimum absolute atomic E-state index is 0.291. The summed E-state index contributed by atoms with van der Waals surface area (Å²) in [5.41, 5.74) is 2.20. The van der Waals surface area contributed by atoms with Gasteiger partial charge in [0.05, 0.1) is 5.69 Å². The van der Waals surface area contributed by atoms with Gasteiger partial charge in [-0.05, 0) is 30.2 Å². The molecule has 1 aromatic heterocycles. The molecule has 0 bridgehead atoms. The van der Waals surface area contributed by atoms with E-state index in [2.05, 4.69) is 37.0 Å². The highest BCUT2D eigenvalue weighted by Crippen LogP contribution is 2.24.